The normalized spacial score (nSPS) is 24.8. The number of rotatable bonds is 1. The van der Waals surface area contributed by atoms with Gasteiger partial charge in [0.2, 0.25) is 0 Å². The van der Waals surface area contributed by atoms with Crippen LogP contribution in [0.1, 0.15) is 30.4 Å². The first-order valence-electron chi connectivity index (χ1n) is 8.02. The first-order chi connectivity index (χ1) is 11.6. The quantitative estimate of drug-likeness (QED) is 0.453. The number of carbonyl (C=O) groups excluding carboxylic acids is 3. The Labute approximate surface area is 139 Å². The van der Waals surface area contributed by atoms with E-state index in [1.807, 2.05) is 24.3 Å². The number of aryl methyl sites for hydroxylation is 1. The molecule has 2 unspecified atom stereocenters. The fraction of sp³-hybridized carbons (Fsp3) is 0.250. The average Bonchev–Trinajstić information content (AvgIpc) is 2.56. The van der Waals surface area contributed by atoms with E-state index in [2.05, 4.69) is 6.07 Å². The lowest BCUT2D eigenvalue weighted by molar-refractivity contribution is -0.143. The maximum absolute atomic E-state index is 12.6. The highest BCUT2D eigenvalue weighted by molar-refractivity contribution is 6.22. The SMILES string of the molecule is CC(=O)OC1C=C2CCc3ccccc3C2C2=C1C(=O)C=CC2=O. The third-order valence-corrected chi connectivity index (χ3v) is 4.86. The number of fused-ring (bicyclic) bond motifs is 4. The number of esters is 1. The van der Waals surface area contributed by atoms with Gasteiger partial charge in [0.1, 0.15) is 6.10 Å². The number of hydrogen-bond donors (Lipinski definition) is 0. The smallest absolute Gasteiger partial charge is 0.303 e. The molecular formula is C20H16O4. The van der Waals surface area contributed by atoms with Crippen molar-refractivity contribution in [3.63, 3.8) is 0 Å². The lowest BCUT2D eigenvalue weighted by Crippen LogP contribution is -2.34. The van der Waals surface area contributed by atoms with E-state index in [0.717, 1.165) is 24.0 Å². The van der Waals surface area contributed by atoms with Gasteiger partial charge < -0.3 is 4.74 Å². The maximum Gasteiger partial charge on any atom is 0.303 e. The Morgan fingerprint density at radius 1 is 1.04 bits per heavy atom. The minimum atomic E-state index is -0.768. The summed E-state index contributed by atoms with van der Waals surface area (Å²) in [5.41, 5.74) is 4.10. The second-order valence-electron chi connectivity index (χ2n) is 6.29. The lowest BCUT2D eigenvalue weighted by Gasteiger charge is -2.37. The largest absolute Gasteiger partial charge is 0.453 e. The molecule has 2 atom stereocenters. The van der Waals surface area contributed by atoms with Crippen LogP contribution >= 0.6 is 0 Å². The summed E-state index contributed by atoms with van der Waals surface area (Å²) in [4.78, 5) is 36.5. The number of carbonyl (C=O) groups is 3. The molecule has 1 aromatic rings. The number of ketones is 2. The molecule has 0 aliphatic heterocycles. The number of benzene rings is 1. The standard InChI is InChI=1S/C20H16O4/c1-11(21)24-17-10-13-7-6-12-4-2-3-5-14(12)18(13)20-16(23)9-8-15(22)19(17)20/h2-5,8-10,17-18H,6-7H2,1H3. The Kier molecular flexibility index (Phi) is 3.34. The molecule has 120 valence electrons. The van der Waals surface area contributed by atoms with Gasteiger partial charge in [0.25, 0.3) is 0 Å². The molecule has 3 aliphatic carbocycles. The molecule has 4 nitrogen and oxygen atoms in total. The monoisotopic (exact) mass is 320 g/mol. The van der Waals surface area contributed by atoms with Crippen molar-refractivity contribution in [2.75, 3.05) is 0 Å². The zero-order valence-electron chi connectivity index (χ0n) is 13.2. The first kappa shape index (κ1) is 14.8. The number of allylic oxidation sites excluding steroid dienone is 4. The Balaban J connectivity index is 1.92. The van der Waals surface area contributed by atoms with Crippen molar-refractivity contribution in [2.45, 2.75) is 31.8 Å². The van der Waals surface area contributed by atoms with Crippen molar-refractivity contribution < 1.29 is 19.1 Å². The molecule has 1 aromatic carbocycles. The third kappa shape index (κ3) is 2.18. The van der Waals surface area contributed by atoms with Gasteiger partial charge in [0, 0.05) is 18.4 Å². The lowest BCUT2D eigenvalue weighted by atomic mass is 9.67. The van der Waals surface area contributed by atoms with Gasteiger partial charge >= 0.3 is 5.97 Å². The van der Waals surface area contributed by atoms with Crippen LogP contribution in [0.2, 0.25) is 0 Å². The molecule has 3 aliphatic rings. The second-order valence-corrected chi connectivity index (χ2v) is 6.29. The van der Waals surface area contributed by atoms with E-state index in [-0.39, 0.29) is 17.5 Å². The predicted molar refractivity (Wildman–Crippen MR) is 87.3 cm³/mol. The van der Waals surface area contributed by atoms with Crippen LogP contribution in [0, 0.1) is 0 Å². The summed E-state index contributed by atoms with van der Waals surface area (Å²) < 4.78 is 5.34. The maximum atomic E-state index is 12.6. The van der Waals surface area contributed by atoms with Crippen LogP contribution in [0.4, 0.5) is 0 Å². The van der Waals surface area contributed by atoms with E-state index < -0.39 is 12.1 Å². The van der Waals surface area contributed by atoms with Gasteiger partial charge in [-0.3, -0.25) is 14.4 Å². The van der Waals surface area contributed by atoms with Gasteiger partial charge in [0.15, 0.2) is 11.6 Å². The van der Waals surface area contributed by atoms with E-state index in [1.54, 1.807) is 0 Å². The van der Waals surface area contributed by atoms with Gasteiger partial charge in [-0.15, -0.1) is 0 Å². The van der Waals surface area contributed by atoms with Crippen LogP contribution in [-0.2, 0) is 25.5 Å². The molecule has 4 rings (SSSR count). The minimum Gasteiger partial charge on any atom is -0.453 e. The van der Waals surface area contributed by atoms with Crippen molar-refractivity contribution in [2.24, 2.45) is 0 Å². The highest BCUT2D eigenvalue weighted by Crippen LogP contribution is 2.47. The van der Waals surface area contributed by atoms with Gasteiger partial charge in [-0.25, -0.2) is 0 Å². The average molecular weight is 320 g/mol. The molecule has 0 N–H and O–H groups in total. The van der Waals surface area contributed by atoms with E-state index >= 15 is 0 Å². The summed E-state index contributed by atoms with van der Waals surface area (Å²) in [6.07, 6.45) is 5.35. The van der Waals surface area contributed by atoms with Gasteiger partial charge in [-0.1, -0.05) is 29.8 Å². The van der Waals surface area contributed by atoms with Crippen LogP contribution < -0.4 is 0 Å². The summed E-state index contributed by atoms with van der Waals surface area (Å²) in [5.74, 6) is -1.10. The van der Waals surface area contributed by atoms with Crippen molar-refractivity contribution >= 4 is 17.5 Å². The van der Waals surface area contributed by atoms with Gasteiger partial charge in [-0.2, -0.15) is 0 Å². The molecule has 0 heterocycles. The summed E-state index contributed by atoms with van der Waals surface area (Å²) in [5, 5.41) is 0. The number of hydrogen-bond acceptors (Lipinski definition) is 4. The zero-order chi connectivity index (χ0) is 16.8. The van der Waals surface area contributed by atoms with Crippen molar-refractivity contribution in [1.29, 1.82) is 0 Å². The van der Waals surface area contributed by atoms with Gasteiger partial charge in [-0.05, 0) is 42.2 Å². The molecule has 0 amide bonds. The van der Waals surface area contributed by atoms with Crippen molar-refractivity contribution in [3.8, 4) is 0 Å². The molecule has 0 saturated carbocycles. The van der Waals surface area contributed by atoms with Crippen LogP contribution in [0.3, 0.4) is 0 Å². The summed E-state index contributed by atoms with van der Waals surface area (Å²) in [7, 11) is 0. The second kappa shape index (κ2) is 5.41. The first-order valence-corrected chi connectivity index (χ1v) is 8.02. The van der Waals surface area contributed by atoms with Crippen molar-refractivity contribution in [1.82, 2.24) is 0 Å². The summed E-state index contributed by atoms with van der Waals surface area (Å²) in [6.45, 7) is 1.31. The van der Waals surface area contributed by atoms with E-state index in [0.29, 0.717) is 11.1 Å². The molecular weight excluding hydrogens is 304 g/mol. The summed E-state index contributed by atoms with van der Waals surface area (Å²) >= 11 is 0. The van der Waals surface area contributed by atoms with Crippen LogP contribution in [-0.4, -0.2) is 23.6 Å². The van der Waals surface area contributed by atoms with Crippen molar-refractivity contribution in [3.05, 3.63) is 70.3 Å². The van der Waals surface area contributed by atoms with E-state index in [9.17, 15) is 14.4 Å². The van der Waals surface area contributed by atoms with Crippen LogP contribution in [0.5, 0.6) is 0 Å². The molecule has 0 spiro atoms. The topological polar surface area (TPSA) is 60.4 Å². The van der Waals surface area contributed by atoms with E-state index in [4.69, 9.17) is 4.74 Å². The Bertz CT molecular complexity index is 869. The molecule has 0 bridgehead atoms. The highest BCUT2D eigenvalue weighted by Gasteiger charge is 2.41. The number of ether oxygens (including phenoxy) is 1. The molecule has 0 aromatic heterocycles. The Morgan fingerprint density at radius 2 is 1.75 bits per heavy atom. The van der Waals surface area contributed by atoms with Gasteiger partial charge in [0.05, 0.1) is 5.57 Å². The predicted octanol–water partition coefficient (Wildman–Crippen LogP) is 2.59. The minimum absolute atomic E-state index is 0.172. The molecule has 0 radical (unpaired) electrons. The van der Waals surface area contributed by atoms with E-state index in [1.165, 1.54) is 24.6 Å². The molecule has 4 heteroatoms. The highest BCUT2D eigenvalue weighted by atomic mass is 16.5. The fourth-order valence-electron chi connectivity index (χ4n) is 3.92. The Hall–Kier alpha value is -2.75. The molecule has 0 saturated heterocycles. The summed E-state index contributed by atoms with van der Waals surface area (Å²) in [6, 6.07) is 8.02. The fourth-order valence-corrected chi connectivity index (χ4v) is 3.92. The molecule has 0 fully saturated rings. The zero-order valence-corrected chi connectivity index (χ0v) is 13.2. The third-order valence-electron chi connectivity index (χ3n) is 4.86. The Morgan fingerprint density at radius 3 is 2.50 bits per heavy atom. The van der Waals surface area contributed by atoms with Crippen LogP contribution in [0.25, 0.3) is 0 Å². The van der Waals surface area contributed by atoms with Crippen LogP contribution in [0.15, 0.2) is 59.2 Å². The molecule has 24 heavy (non-hydrogen) atoms.